The van der Waals surface area contributed by atoms with Gasteiger partial charge in [0.2, 0.25) is 0 Å². The summed E-state index contributed by atoms with van der Waals surface area (Å²) in [4.78, 5) is 26.3. The lowest BCUT2D eigenvalue weighted by atomic mass is 10.2. The van der Waals surface area contributed by atoms with E-state index in [0.29, 0.717) is 35.5 Å². The van der Waals surface area contributed by atoms with Gasteiger partial charge in [-0.05, 0) is 31.2 Å². The number of rotatable bonds is 3. The maximum atomic E-state index is 12.5. The van der Waals surface area contributed by atoms with E-state index < -0.39 is 12.1 Å². The highest BCUT2D eigenvalue weighted by molar-refractivity contribution is 6.01. The van der Waals surface area contributed by atoms with Crippen LogP contribution >= 0.6 is 0 Å². The zero-order valence-corrected chi connectivity index (χ0v) is 13.4. The van der Waals surface area contributed by atoms with Gasteiger partial charge in [-0.3, -0.25) is 9.48 Å². The monoisotopic (exact) mass is 324 g/mol. The van der Waals surface area contributed by atoms with Gasteiger partial charge in [0.15, 0.2) is 6.10 Å². The molecule has 1 aromatic carbocycles. The minimum absolute atomic E-state index is 0.255. The van der Waals surface area contributed by atoms with E-state index in [1.54, 1.807) is 47.8 Å². The molecule has 7 heteroatoms. The summed E-state index contributed by atoms with van der Waals surface area (Å²) in [5.41, 5.74) is 2.27. The summed E-state index contributed by atoms with van der Waals surface area (Å²) >= 11 is 0. The molecule has 1 atom stereocenters. The molecular formula is C17H16N4O3. The average molecular weight is 324 g/mol. The summed E-state index contributed by atoms with van der Waals surface area (Å²) in [6.45, 7) is 2.23. The zero-order valence-electron chi connectivity index (χ0n) is 13.4. The minimum atomic E-state index is -0.798. The first-order valence-corrected chi connectivity index (χ1v) is 7.52. The topological polar surface area (TPSA) is 88.2 Å². The minimum Gasteiger partial charge on any atom is -0.448 e. The van der Waals surface area contributed by atoms with Crippen LogP contribution in [0.5, 0.6) is 0 Å². The molecule has 1 fully saturated rings. The summed E-state index contributed by atoms with van der Waals surface area (Å²) in [6.07, 6.45) is 1.08. The standard InChI is InChI=1S/C17H16N4O3/c1-11-14(10-19-20(11)2)17(23)24-15-7-8-21(16(15)22)13-5-3-12(9-18)4-6-13/h3-6,10,15H,7-8H2,1-2H3. The molecule has 0 aliphatic carbocycles. The van der Waals surface area contributed by atoms with Crippen molar-refractivity contribution >= 4 is 17.6 Å². The lowest BCUT2D eigenvalue weighted by molar-refractivity contribution is -0.124. The van der Waals surface area contributed by atoms with Gasteiger partial charge in [-0.2, -0.15) is 10.4 Å². The van der Waals surface area contributed by atoms with Gasteiger partial charge in [0, 0.05) is 31.4 Å². The molecule has 122 valence electrons. The van der Waals surface area contributed by atoms with Crippen LogP contribution in [-0.4, -0.2) is 34.3 Å². The third-order valence-electron chi connectivity index (χ3n) is 4.17. The van der Waals surface area contributed by atoms with Crippen LogP contribution in [-0.2, 0) is 16.6 Å². The highest BCUT2D eigenvalue weighted by Gasteiger charge is 2.36. The van der Waals surface area contributed by atoms with E-state index in [2.05, 4.69) is 5.10 Å². The highest BCUT2D eigenvalue weighted by atomic mass is 16.5. The Kier molecular flexibility index (Phi) is 4.04. The first-order valence-electron chi connectivity index (χ1n) is 7.52. The molecule has 7 nitrogen and oxygen atoms in total. The van der Waals surface area contributed by atoms with Crippen molar-refractivity contribution in [3.8, 4) is 6.07 Å². The van der Waals surface area contributed by atoms with E-state index in [0.717, 1.165) is 0 Å². The molecule has 1 aromatic heterocycles. The van der Waals surface area contributed by atoms with Gasteiger partial charge in [0.25, 0.3) is 5.91 Å². The van der Waals surface area contributed by atoms with Gasteiger partial charge in [-0.15, -0.1) is 0 Å². The van der Waals surface area contributed by atoms with Crippen molar-refractivity contribution in [2.24, 2.45) is 7.05 Å². The fraction of sp³-hybridized carbons (Fsp3) is 0.294. The predicted molar refractivity (Wildman–Crippen MR) is 85.3 cm³/mol. The fourth-order valence-electron chi connectivity index (χ4n) is 2.63. The maximum absolute atomic E-state index is 12.5. The number of aromatic nitrogens is 2. The summed E-state index contributed by atoms with van der Waals surface area (Å²) in [7, 11) is 1.74. The maximum Gasteiger partial charge on any atom is 0.342 e. The lowest BCUT2D eigenvalue weighted by Crippen LogP contribution is -2.32. The molecule has 1 unspecified atom stereocenters. The molecule has 0 bridgehead atoms. The SMILES string of the molecule is Cc1c(C(=O)OC2CCN(c3ccc(C#N)cc3)C2=O)cnn1C. The summed E-state index contributed by atoms with van der Waals surface area (Å²) in [6, 6.07) is 8.77. The second kappa shape index (κ2) is 6.16. The van der Waals surface area contributed by atoms with Crippen LogP contribution in [0.2, 0.25) is 0 Å². The Morgan fingerprint density at radius 3 is 2.67 bits per heavy atom. The number of hydrogen-bond donors (Lipinski definition) is 0. The molecule has 1 aliphatic rings. The van der Waals surface area contributed by atoms with Crippen molar-refractivity contribution in [1.29, 1.82) is 5.26 Å². The molecule has 2 heterocycles. The van der Waals surface area contributed by atoms with Crippen molar-refractivity contribution in [2.45, 2.75) is 19.4 Å². The van der Waals surface area contributed by atoms with Crippen LogP contribution in [0.25, 0.3) is 0 Å². The smallest absolute Gasteiger partial charge is 0.342 e. The number of hydrogen-bond acceptors (Lipinski definition) is 5. The zero-order chi connectivity index (χ0) is 17.3. The van der Waals surface area contributed by atoms with E-state index >= 15 is 0 Å². The molecule has 0 radical (unpaired) electrons. The molecule has 1 amide bonds. The van der Waals surface area contributed by atoms with Crippen LogP contribution in [0.15, 0.2) is 30.5 Å². The summed E-state index contributed by atoms with van der Waals surface area (Å²) in [5, 5.41) is 12.8. The molecule has 0 N–H and O–H groups in total. The van der Waals surface area contributed by atoms with Gasteiger partial charge in [-0.1, -0.05) is 0 Å². The van der Waals surface area contributed by atoms with Crippen molar-refractivity contribution in [3.63, 3.8) is 0 Å². The Balaban J connectivity index is 1.71. The van der Waals surface area contributed by atoms with Crippen LogP contribution in [0.4, 0.5) is 5.69 Å². The van der Waals surface area contributed by atoms with Crippen molar-refractivity contribution in [3.05, 3.63) is 47.3 Å². The van der Waals surface area contributed by atoms with E-state index in [-0.39, 0.29) is 5.91 Å². The number of aryl methyl sites for hydroxylation is 1. The Labute approximate surface area is 139 Å². The number of nitrogens with zero attached hydrogens (tertiary/aromatic N) is 4. The quantitative estimate of drug-likeness (QED) is 0.800. The van der Waals surface area contributed by atoms with Crippen molar-refractivity contribution in [2.75, 3.05) is 11.4 Å². The van der Waals surface area contributed by atoms with Gasteiger partial charge in [0.1, 0.15) is 5.56 Å². The number of carbonyl (C=O) groups is 2. The fourth-order valence-corrected chi connectivity index (χ4v) is 2.63. The van der Waals surface area contributed by atoms with Crippen LogP contribution in [0.3, 0.4) is 0 Å². The van der Waals surface area contributed by atoms with Gasteiger partial charge in [0.05, 0.1) is 17.8 Å². The van der Waals surface area contributed by atoms with E-state index in [4.69, 9.17) is 10.00 Å². The second-order valence-corrected chi connectivity index (χ2v) is 5.60. The Morgan fingerprint density at radius 2 is 2.08 bits per heavy atom. The Hall–Kier alpha value is -3.14. The van der Waals surface area contributed by atoms with Gasteiger partial charge in [-0.25, -0.2) is 4.79 Å². The molecular weight excluding hydrogens is 308 g/mol. The second-order valence-electron chi connectivity index (χ2n) is 5.60. The average Bonchev–Trinajstić information content (AvgIpc) is 3.11. The number of carbonyl (C=O) groups excluding carboxylic acids is 2. The molecule has 1 saturated heterocycles. The van der Waals surface area contributed by atoms with Crippen LogP contribution < -0.4 is 4.90 Å². The number of ether oxygens (including phenoxy) is 1. The normalized spacial score (nSPS) is 17.0. The van der Waals surface area contributed by atoms with Crippen molar-refractivity contribution < 1.29 is 14.3 Å². The molecule has 0 spiro atoms. The Bertz CT molecular complexity index is 833. The number of benzene rings is 1. The van der Waals surface area contributed by atoms with Gasteiger partial charge < -0.3 is 9.64 Å². The Morgan fingerprint density at radius 1 is 1.38 bits per heavy atom. The largest absolute Gasteiger partial charge is 0.448 e. The lowest BCUT2D eigenvalue weighted by Gasteiger charge is -2.16. The number of amides is 1. The molecule has 3 rings (SSSR count). The summed E-state index contributed by atoms with van der Waals surface area (Å²) in [5.74, 6) is -0.796. The third kappa shape index (κ3) is 2.74. The molecule has 1 aliphatic heterocycles. The molecule has 0 saturated carbocycles. The number of nitriles is 1. The van der Waals surface area contributed by atoms with Crippen LogP contribution in [0.1, 0.15) is 28.0 Å². The first kappa shape index (κ1) is 15.7. The first-order chi connectivity index (χ1) is 11.5. The third-order valence-corrected chi connectivity index (χ3v) is 4.17. The molecule has 2 aromatic rings. The van der Waals surface area contributed by atoms with E-state index in [9.17, 15) is 9.59 Å². The van der Waals surface area contributed by atoms with E-state index in [1.807, 2.05) is 6.07 Å². The van der Waals surface area contributed by atoms with Crippen molar-refractivity contribution in [1.82, 2.24) is 9.78 Å². The summed E-state index contributed by atoms with van der Waals surface area (Å²) < 4.78 is 6.94. The predicted octanol–water partition coefficient (Wildman–Crippen LogP) is 1.56. The molecule has 24 heavy (non-hydrogen) atoms. The highest BCUT2D eigenvalue weighted by Crippen LogP contribution is 2.24. The van der Waals surface area contributed by atoms with Crippen LogP contribution in [0, 0.1) is 18.3 Å². The number of esters is 1. The van der Waals surface area contributed by atoms with E-state index in [1.165, 1.54) is 6.20 Å². The van der Waals surface area contributed by atoms with Gasteiger partial charge >= 0.3 is 5.97 Å². The number of anilines is 1.